The molecule has 17 heavy (non-hydrogen) atoms. The fourth-order valence-corrected chi connectivity index (χ4v) is 4.94. The van der Waals surface area contributed by atoms with Crippen molar-refractivity contribution >= 4 is 16.9 Å². The lowest BCUT2D eigenvalue weighted by Crippen LogP contribution is -2.47. The van der Waals surface area contributed by atoms with Crippen LogP contribution in [0.4, 0.5) is 0 Å². The number of amidine groups is 1. The van der Waals surface area contributed by atoms with Crippen molar-refractivity contribution in [2.45, 2.75) is 69.9 Å². The van der Waals surface area contributed by atoms with Crippen LogP contribution in [0.2, 0.25) is 0 Å². The highest BCUT2D eigenvalue weighted by Gasteiger charge is 2.40. The summed E-state index contributed by atoms with van der Waals surface area (Å²) >= 11 is 1.98. The van der Waals surface area contributed by atoms with E-state index in [1.54, 1.807) is 0 Å². The van der Waals surface area contributed by atoms with E-state index in [9.17, 15) is 0 Å². The Morgan fingerprint density at radius 1 is 1.24 bits per heavy atom. The summed E-state index contributed by atoms with van der Waals surface area (Å²) in [5.74, 6) is 2.14. The van der Waals surface area contributed by atoms with Crippen LogP contribution in [0.15, 0.2) is 4.99 Å². The number of thioether (sulfide) groups is 1. The Hall–Kier alpha value is -0.180. The van der Waals surface area contributed by atoms with Crippen molar-refractivity contribution in [2.75, 3.05) is 5.75 Å². The second-order valence-electron chi connectivity index (χ2n) is 6.27. The first-order valence-electron chi connectivity index (χ1n) is 7.25. The number of hydrogen-bond acceptors (Lipinski definition) is 2. The molecule has 0 aromatic rings. The van der Waals surface area contributed by atoms with E-state index in [1.807, 2.05) is 11.8 Å². The van der Waals surface area contributed by atoms with E-state index < -0.39 is 0 Å². The average molecular weight is 252 g/mol. The van der Waals surface area contributed by atoms with E-state index in [1.165, 1.54) is 62.3 Å². The lowest BCUT2D eigenvalue weighted by molar-refractivity contribution is 0.242. The van der Waals surface area contributed by atoms with Crippen molar-refractivity contribution in [3.63, 3.8) is 0 Å². The normalized spacial score (nSPS) is 41.2. The maximum absolute atomic E-state index is 4.92. The summed E-state index contributed by atoms with van der Waals surface area (Å²) in [6, 6.07) is 0.626. The second kappa shape index (κ2) is 4.83. The molecule has 1 heterocycles. The van der Waals surface area contributed by atoms with Crippen LogP contribution in [-0.2, 0) is 0 Å². The molecule has 2 aliphatic carbocycles. The van der Waals surface area contributed by atoms with Gasteiger partial charge in [-0.3, -0.25) is 4.99 Å². The monoisotopic (exact) mass is 252 g/mol. The minimum atomic E-state index is 0.403. The Kier molecular flexibility index (Phi) is 3.38. The average Bonchev–Trinajstić information content (AvgIpc) is 2.90. The zero-order chi connectivity index (χ0) is 11.7. The molecule has 3 heteroatoms. The fraction of sp³-hybridized carbons (Fsp3) is 0.929. The maximum Gasteiger partial charge on any atom is 0.157 e. The first kappa shape index (κ1) is 11.9. The highest BCUT2D eigenvalue weighted by molar-refractivity contribution is 8.14. The van der Waals surface area contributed by atoms with E-state index in [2.05, 4.69) is 12.2 Å². The molecular weight excluding hydrogens is 228 g/mol. The van der Waals surface area contributed by atoms with Crippen molar-refractivity contribution < 1.29 is 0 Å². The number of nitrogens with one attached hydrogen (secondary N) is 1. The molecule has 1 spiro atoms. The van der Waals surface area contributed by atoms with Gasteiger partial charge in [-0.25, -0.2) is 0 Å². The van der Waals surface area contributed by atoms with E-state index in [4.69, 9.17) is 4.99 Å². The lowest BCUT2D eigenvalue weighted by atomic mass is 9.78. The van der Waals surface area contributed by atoms with Crippen LogP contribution in [0, 0.1) is 5.92 Å². The Bertz CT molecular complexity index is 309. The van der Waals surface area contributed by atoms with Crippen LogP contribution >= 0.6 is 11.8 Å². The molecule has 2 saturated carbocycles. The smallest absolute Gasteiger partial charge is 0.157 e. The van der Waals surface area contributed by atoms with Gasteiger partial charge in [0.1, 0.15) is 0 Å². The van der Waals surface area contributed by atoms with Crippen LogP contribution < -0.4 is 5.32 Å². The lowest BCUT2D eigenvalue weighted by Gasteiger charge is -2.36. The van der Waals surface area contributed by atoms with Gasteiger partial charge in [0.15, 0.2) is 5.17 Å². The minimum Gasteiger partial charge on any atom is -0.359 e. The van der Waals surface area contributed by atoms with Gasteiger partial charge >= 0.3 is 0 Å². The molecule has 0 bridgehead atoms. The molecule has 2 atom stereocenters. The quantitative estimate of drug-likeness (QED) is 0.771. The van der Waals surface area contributed by atoms with Gasteiger partial charge < -0.3 is 5.32 Å². The zero-order valence-electron chi connectivity index (χ0n) is 10.9. The third kappa shape index (κ3) is 2.64. The summed E-state index contributed by atoms with van der Waals surface area (Å²) in [5.41, 5.74) is 0.403. The fourth-order valence-electron chi connectivity index (χ4n) is 3.68. The molecule has 0 aromatic carbocycles. The van der Waals surface area contributed by atoms with Crippen molar-refractivity contribution in [1.29, 1.82) is 0 Å². The second-order valence-corrected chi connectivity index (χ2v) is 7.23. The van der Waals surface area contributed by atoms with Crippen molar-refractivity contribution in [3.8, 4) is 0 Å². The first-order chi connectivity index (χ1) is 8.26. The number of rotatable bonds is 1. The predicted molar refractivity (Wildman–Crippen MR) is 75.6 cm³/mol. The number of hydrogen-bond donors (Lipinski definition) is 1. The van der Waals surface area contributed by atoms with Crippen LogP contribution in [0.25, 0.3) is 0 Å². The highest BCUT2D eigenvalue weighted by Crippen LogP contribution is 2.39. The van der Waals surface area contributed by atoms with Crippen molar-refractivity contribution in [3.05, 3.63) is 0 Å². The summed E-state index contributed by atoms with van der Waals surface area (Å²) in [6.07, 6.45) is 10.9. The molecule has 1 aliphatic heterocycles. The molecule has 3 aliphatic rings. The van der Waals surface area contributed by atoms with Gasteiger partial charge in [0.25, 0.3) is 0 Å². The summed E-state index contributed by atoms with van der Waals surface area (Å²) in [7, 11) is 0. The van der Waals surface area contributed by atoms with Crippen LogP contribution in [-0.4, -0.2) is 22.5 Å². The molecule has 0 aromatic heterocycles. The van der Waals surface area contributed by atoms with E-state index in [0.717, 1.165) is 5.92 Å². The van der Waals surface area contributed by atoms with Gasteiger partial charge in [-0.05, 0) is 31.6 Å². The molecule has 3 rings (SSSR count). The summed E-state index contributed by atoms with van der Waals surface area (Å²) in [5, 5.41) is 5.03. The maximum atomic E-state index is 4.92. The van der Waals surface area contributed by atoms with Crippen LogP contribution in [0.3, 0.4) is 0 Å². The molecule has 0 radical (unpaired) electrons. The van der Waals surface area contributed by atoms with Gasteiger partial charge in [0.05, 0.1) is 6.04 Å². The molecule has 2 nitrogen and oxygen atoms in total. The van der Waals surface area contributed by atoms with E-state index >= 15 is 0 Å². The molecular formula is C14H24N2S. The standard InChI is InChI=1S/C14H24N2S/c1-11-5-4-8-14(9-11)10-17-13(16-14)15-12-6-2-3-7-12/h11-12H,2-10H2,1H3,(H,15,16). The Morgan fingerprint density at radius 3 is 2.82 bits per heavy atom. The highest BCUT2D eigenvalue weighted by atomic mass is 32.2. The third-order valence-electron chi connectivity index (χ3n) is 4.57. The van der Waals surface area contributed by atoms with Gasteiger partial charge in [-0.15, -0.1) is 0 Å². The number of aliphatic imine (C=N–C) groups is 1. The Balaban J connectivity index is 1.64. The van der Waals surface area contributed by atoms with Crippen molar-refractivity contribution in [2.24, 2.45) is 10.9 Å². The van der Waals surface area contributed by atoms with Gasteiger partial charge in [-0.2, -0.15) is 0 Å². The summed E-state index contributed by atoms with van der Waals surface area (Å²) in [6.45, 7) is 2.40. The summed E-state index contributed by atoms with van der Waals surface area (Å²) in [4.78, 5) is 4.92. The minimum absolute atomic E-state index is 0.403. The van der Waals surface area contributed by atoms with Crippen LogP contribution in [0.1, 0.15) is 58.3 Å². The van der Waals surface area contributed by atoms with Crippen LogP contribution in [0.5, 0.6) is 0 Å². The van der Waals surface area contributed by atoms with Crippen molar-refractivity contribution in [1.82, 2.24) is 5.32 Å². The zero-order valence-corrected chi connectivity index (χ0v) is 11.7. The molecule has 1 saturated heterocycles. The third-order valence-corrected chi connectivity index (χ3v) is 5.75. The van der Waals surface area contributed by atoms with Gasteiger partial charge in [0.2, 0.25) is 0 Å². The van der Waals surface area contributed by atoms with E-state index in [-0.39, 0.29) is 0 Å². The molecule has 2 unspecified atom stereocenters. The summed E-state index contributed by atoms with van der Waals surface area (Å²) < 4.78 is 0. The number of nitrogens with zero attached hydrogens (tertiary/aromatic N) is 1. The topological polar surface area (TPSA) is 24.4 Å². The molecule has 1 N–H and O–H groups in total. The molecule has 96 valence electrons. The Morgan fingerprint density at radius 2 is 2.06 bits per heavy atom. The predicted octanol–water partition coefficient (Wildman–Crippen LogP) is 3.57. The molecule has 3 fully saturated rings. The Labute approximate surface area is 109 Å². The van der Waals surface area contributed by atoms with Gasteiger partial charge in [-0.1, -0.05) is 44.4 Å². The first-order valence-corrected chi connectivity index (χ1v) is 8.23. The largest absolute Gasteiger partial charge is 0.359 e. The SMILES string of the molecule is CC1CCCC2(CSC(=NC3CCCC3)N2)C1. The molecule has 0 amide bonds. The van der Waals surface area contributed by atoms with Gasteiger partial charge in [0, 0.05) is 11.3 Å². The van der Waals surface area contributed by atoms with E-state index in [0.29, 0.717) is 11.6 Å².